The van der Waals surface area contributed by atoms with E-state index in [1.54, 1.807) is 12.4 Å². The van der Waals surface area contributed by atoms with Crippen LogP contribution in [0.1, 0.15) is 31.9 Å². The minimum absolute atomic E-state index is 0.358. The van der Waals surface area contributed by atoms with Crippen molar-refractivity contribution in [1.29, 1.82) is 0 Å². The summed E-state index contributed by atoms with van der Waals surface area (Å²) in [5.41, 5.74) is 2.47. The van der Waals surface area contributed by atoms with Crippen molar-refractivity contribution in [2.45, 2.75) is 33.2 Å². The Kier molecular flexibility index (Phi) is 3.53. The van der Waals surface area contributed by atoms with Crippen LogP contribution in [0.5, 0.6) is 0 Å². The lowest BCUT2D eigenvalue weighted by atomic mass is 10.1. The number of rotatable bonds is 2. The Bertz CT molecular complexity index is 548. The van der Waals surface area contributed by atoms with Crippen LogP contribution in [0.3, 0.4) is 0 Å². The molecule has 4 heteroatoms. The topological polar surface area (TPSA) is 48.2 Å². The first-order valence-electron chi connectivity index (χ1n) is 6.26. The van der Waals surface area contributed by atoms with E-state index < -0.39 is 0 Å². The summed E-state index contributed by atoms with van der Waals surface area (Å²) in [5.74, 6) is 0.675. The summed E-state index contributed by atoms with van der Waals surface area (Å²) in [6.07, 6.45) is 3.24. The average molecular weight is 257 g/mol. The molecule has 0 spiro atoms. The smallest absolute Gasteiger partial charge is 0.159 e. The second-order valence-electron chi connectivity index (χ2n) is 5.63. The van der Waals surface area contributed by atoms with Crippen molar-refractivity contribution in [2.75, 3.05) is 0 Å². The van der Waals surface area contributed by atoms with E-state index in [0.29, 0.717) is 11.5 Å². The van der Waals surface area contributed by atoms with Crippen LogP contribution < -0.4 is 0 Å². The van der Waals surface area contributed by atoms with Gasteiger partial charge in [0.1, 0.15) is 5.70 Å². The van der Waals surface area contributed by atoms with Crippen molar-refractivity contribution in [3.8, 4) is 0 Å². The van der Waals surface area contributed by atoms with Gasteiger partial charge in [0, 0.05) is 5.56 Å². The summed E-state index contributed by atoms with van der Waals surface area (Å²) < 4.78 is 0. The fraction of sp³-hybridized carbons (Fsp3) is 0.333. The second kappa shape index (κ2) is 4.97. The molecule has 1 heterocycles. The van der Waals surface area contributed by atoms with E-state index in [4.69, 9.17) is 0 Å². The minimum atomic E-state index is -0.358. The fourth-order valence-electron chi connectivity index (χ4n) is 1.53. The molecule has 1 aromatic rings. The van der Waals surface area contributed by atoms with Gasteiger partial charge in [0.25, 0.3) is 0 Å². The molecule has 19 heavy (non-hydrogen) atoms. The number of benzene rings is 1. The maximum absolute atomic E-state index is 9.87. The molecule has 4 nitrogen and oxygen atoms in total. The van der Waals surface area contributed by atoms with Crippen LogP contribution in [0.4, 0.5) is 0 Å². The molecule has 1 N–H and O–H groups in total. The van der Waals surface area contributed by atoms with Crippen LogP contribution >= 0.6 is 0 Å². The van der Waals surface area contributed by atoms with E-state index in [0.717, 1.165) is 10.6 Å². The van der Waals surface area contributed by atoms with Gasteiger partial charge in [-0.1, -0.05) is 29.8 Å². The molecule has 2 rings (SSSR count). The first kappa shape index (κ1) is 13.5. The average Bonchev–Trinajstić information content (AvgIpc) is 2.77. The molecule has 1 aromatic carbocycles. The zero-order valence-electron chi connectivity index (χ0n) is 11.8. The summed E-state index contributed by atoms with van der Waals surface area (Å²) in [7, 11) is 0. The molecule has 0 amide bonds. The standard InChI is InChI=1S/C15H19N3O/c1-11-5-7-12(8-6-11)14-16-9-13(17-14)10-18(19)15(2,3)4/h5-10,19H,1-4H3/b13-10+. The quantitative estimate of drug-likeness (QED) is 0.827. The minimum Gasteiger partial charge on any atom is -0.288 e. The number of nitrogens with zero attached hydrogens (tertiary/aromatic N) is 3. The zero-order chi connectivity index (χ0) is 14.0. The molecule has 0 atom stereocenters. The van der Waals surface area contributed by atoms with E-state index in [2.05, 4.69) is 9.98 Å². The summed E-state index contributed by atoms with van der Waals surface area (Å²) in [4.78, 5) is 8.67. The number of hydrogen-bond acceptors (Lipinski definition) is 4. The van der Waals surface area contributed by atoms with E-state index in [-0.39, 0.29) is 5.54 Å². The highest BCUT2D eigenvalue weighted by Gasteiger charge is 2.17. The predicted molar refractivity (Wildman–Crippen MR) is 77.7 cm³/mol. The third-order valence-corrected chi connectivity index (χ3v) is 2.81. The van der Waals surface area contributed by atoms with Gasteiger partial charge >= 0.3 is 0 Å². The van der Waals surface area contributed by atoms with Gasteiger partial charge in [0.05, 0.1) is 18.0 Å². The summed E-state index contributed by atoms with van der Waals surface area (Å²) in [6, 6.07) is 8.05. The van der Waals surface area contributed by atoms with Gasteiger partial charge in [-0.15, -0.1) is 0 Å². The second-order valence-corrected chi connectivity index (χ2v) is 5.63. The van der Waals surface area contributed by atoms with Crippen LogP contribution in [0.2, 0.25) is 0 Å². The van der Waals surface area contributed by atoms with Gasteiger partial charge in [-0.25, -0.2) is 9.98 Å². The Morgan fingerprint density at radius 3 is 2.37 bits per heavy atom. The SMILES string of the molecule is Cc1ccc(C2=N/C(=C/N(O)C(C)(C)C)C=N2)cc1. The van der Waals surface area contributed by atoms with Crippen molar-refractivity contribution in [1.82, 2.24) is 5.06 Å². The molecule has 0 radical (unpaired) electrons. The van der Waals surface area contributed by atoms with Gasteiger partial charge in [-0.3, -0.25) is 10.3 Å². The van der Waals surface area contributed by atoms with E-state index in [1.165, 1.54) is 5.56 Å². The largest absolute Gasteiger partial charge is 0.288 e. The number of amidine groups is 1. The van der Waals surface area contributed by atoms with Gasteiger partial charge in [0.15, 0.2) is 5.84 Å². The Labute approximate surface area is 113 Å². The summed E-state index contributed by atoms with van der Waals surface area (Å²) in [6.45, 7) is 7.80. The van der Waals surface area contributed by atoms with E-state index >= 15 is 0 Å². The molecule has 0 unspecified atom stereocenters. The number of aliphatic imine (C=N–C) groups is 2. The van der Waals surface area contributed by atoms with Crippen molar-refractivity contribution >= 4 is 12.1 Å². The Morgan fingerprint density at radius 1 is 1.16 bits per heavy atom. The van der Waals surface area contributed by atoms with Gasteiger partial charge < -0.3 is 0 Å². The number of aryl methyl sites for hydroxylation is 1. The highest BCUT2D eigenvalue weighted by atomic mass is 16.5. The van der Waals surface area contributed by atoms with E-state index in [1.807, 2.05) is 52.0 Å². The molecule has 0 fully saturated rings. The van der Waals surface area contributed by atoms with Crippen molar-refractivity contribution in [3.63, 3.8) is 0 Å². The number of hydrogen-bond donors (Lipinski definition) is 1. The maximum atomic E-state index is 9.87. The van der Waals surface area contributed by atoms with Gasteiger partial charge in [-0.2, -0.15) is 0 Å². The predicted octanol–water partition coefficient (Wildman–Crippen LogP) is 3.16. The highest BCUT2D eigenvalue weighted by molar-refractivity contribution is 6.10. The third-order valence-electron chi connectivity index (χ3n) is 2.81. The molecule has 0 aliphatic carbocycles. The van der Waals surface area contributed by atoms with Crippen LogP contribution in [-0.2, 0) is 0 Å². The lowest BCUT2D eigenvalue weighted by molar-refractivity contribution is -0.110. The molecule has 1 aliphatic rings. The molecule has 0 saturated heterocycles. The van der Waals surface area contributed by atoms with Crippen molar-refractivity contribution in [2.24, 2.45) is 9.98 Å². The zero-order valence-corrected chi connectivity index (χ0v) is 11.8. The Morgan fingerprint density at radius 2 is 1.79 bits per heavy atom. The van der Waals surface area contributed by atoms with Crippen LogP contribution in [0, 0.1) is 6.92 Å². The van der Waals surface area contributed by atoms with Crippen LogP contribution in [-0.4, -0.2) is 27.9 Å². The van der Waals surface area contributed by atoms with Gasteiger partial charge in [0.2, 0.25) is 0 Å². The molecule has 100 valence electrons. The lowest BCUT2D eigenvalue weighted by Crippen LogP contribution is -2.34. The van der Waals surface area contributed by atoms with Crippen LogP contribution in [0.15, 0.2) is 46.1 Å². The number of hydroxylamine groups is 2. The molecular weight excluding hydrogens is 238 g/mol. The molecule has 0 bridgehead atoms. The first-order valence-corrected chi connectivity index (χ1v) is 6.26. The van der Waals surface area contributed by atoms with Gasteiger partial charge in [-0.05, 0) is 27.7 Å². The maximum Gasteiger partial charge on any atom is 0.159 e. The first-order chi connectivity index (χ1) is 8.86. The summed E-state index contributed by atoms with van der Waals surface area (Å²) in [5, 5.41) is 11.0. The normalized spacial score (nSPS) is 16.9. The van der Waals surface area contributed by atoms with E-state index in [9.17, 15) is 5.21 Å². The molecule has 1 aliphatic heterocycles. The molecular formula is C15H19N3O. The Hall–Kier alpha value is -1.94. The fourth-order valence-corrected chi connectivity index (χ4v) is 1.53. The van der Waals surface area contributed by atoms with Crippen molar-refractivity contribution < 1.29 is 5.21 Å². The van der Waals surface area contributed by atoms with Crippen molar-refractivity contribution in [3.05, 3.63) is 47.3 Å². The van der Waals surface area contributed by atoms with Crippen LogP contribution in [0.25, 0.3) is 0 Å². The number of allylic oxidation sites excluding steroid dienone is 1. The lowest BCUT2D eigenvalue weighted by Gasteiger charge is -2.27. The molecule has 0 aromatic heterocycles. The highest BCUT2D eigenvalue weighted by Crippen LogP contribution is 2.16. The monoisotopic (exact) mass is 257 g/mol. The summed E-state index contributed by atoms with van der Waals surface area (Å²) >= 11 is 0. The molecule has 0 saturated carbocycles. The Balaban J connectivity index is 2.20. The third kappa shape index (κ3) is 3.29.